The quantitative estimate of drug-likeness (QED) is 0.656. The number of nitrogens with zero attached hydrogens (tertiary/aromatic N) is 2. The zero-order valence-electron chi connectivity index (χ0n) is 18.1. The zero-order valence-corrected chi connectivity index (χ0v) is 19.0. The average Bonchev–Trinajstić information content (AvgIpc) is 3.11. The predicted molar refractivity (Wildman–Crippen MR) is 126 cm³/mol. The van der Waals surface area contributed by atoms with E-state index in [9.17, 15) is 18.8 Å². The first-order valence-electron chi connectivity index (χ1n) is 10.3. The standard InChI is InChI=1S/C23H25FN4O3S/c1-4-28(5-2)23-27-22(31)19(32-23)13-20(29)25-16-8-6-7-15(11-16)21(30)26-17-10-9-14(3)18(24)12-17/h6-12,19H,4-5,13H2,1-3H3,(H,25,29)(H,26,30). The van der Waals surface area contributed by atoms with Crippen LogP contribution in [0.4, 0.5) is 15.8 Å². The van der Waals surface area contributed by atoms with Crippen molar-refractivity contribution in [2.75, 3.05) is 23.7 Å². The van der Waals surface area contributed by atoms with Gasteiger partial charge in [-0.3, -0.25) is 14.4 Å². The number of benzene rings is 2. The number of carbonyl (C=O) groups excluding carboxylic acids is 3. The molecular formula is C23H25FN4O3S. The molecule has 7 nitrogen and oxygen atoms in total. The molecule has 0 bridgehead atoms. The lowest BCUT2D eigenvalue weighted by atomic mass is 10.1. The fourth-order valence-electron chi connectivity index (χ4n) is 3.13. The van der Waals surface area contributed by atoms with E-state index < -0.39 is 17.0 Å². The Kier molecular flexibility index (Phi) is 7.63. The second kappa shape index (κ2) is 10.4. The second-order valence-corrected chi connectivity index (χ2v) is 8.43. The molecule has 1 aliphatic rings. The van der Waals surface area contributed by atoms with E-state index in [0.29, 0.717) is 27.7 Å². The largest absolute Gasteiger partial charge is 0.352 e. The summed E-state index contributed by atoms with van der Waals surface area (Å²) in [6, 6.07) is 10.9. The minimum atomic E-state index is -0.562. The normalized spacial score (nSPS) is 15.3. The van der Waals surface area contributed by atoms with E-state index in [1.165, 1.54) is 23.9 Å². The first-order chi connectivity index (χ1) is 15.3. The second-order valence-electron chi connectivity index (χ2n) is 7.26. The number of carbonyl (C=O) groups is 3. The monoisotopic (exact) mass is 456 g/mol. The van der Waals surface area contributed by atoms with Gasteiger partial charge in [-0.2, -0.15) is 4.99 Å². The molecule has 2 aromatic rings. The van der Waals surface area contributed by atoms with Gasteiger partial charge in [-0.05, 0) is 56.7 Å². The molecule has 0 radical (unpaired) electrons. The summed E-state index contributed by atoms with van der Waals surface area (Å²) in [5.41, 5.74) is 1.56. The number of halogens is 1. The van der Waals surface area contributed by atoms with Crippen molar-refractivity contribution in [3.05, 3.63) is 59.4 Å². The van der Waals surface area contributed by atoms with Crippen molar-refractivity contribution in [1.82, 2.24) is 4.90 Å². The Hall–Kier alpha value is -3.20. The number of rotatable bonds is 7. The van der Waals surface area contributed by atoms with Gasteiger partial charge < -0.3 is 15.5 Å². The maximum Gasteiger partial charge on any atom is 0.262 e. The van der Waals surface area contributed by atoms with Crippen LogP contribution in [0.15, 0.2) is 47.5 Å². The number of nitrogens with one attached hydrogen (secondary N) is 2. The summed E-state index contributed by atoms with van der Waals surface area (Å²) in [7, 11) is 0. The number of anilines is 2. The Bertz CT molecular complexity index is 1070. The molecule has 0 saturated heterocycles. The molecule has 1 aliphatic heterocycles. The van der Waals surface area contributed by atoms with Crippen molar-refractivity contribution >= 4 is 46.0 Å². The third kappa shape index (κ3) is 5.73. The molecule has 32 heavy (non-hydrogen) atoms. The van der Waals surface area contributed by atoms with E-state index in [1.54, 1.807) is 37.3 Å². The SMILES string of the molecule is CCN(CC)C1=NC(=O)C(CC(=O)Nc2cccc(C(=O)Nc3ccc(C)c(F)c3)c2)S1. The number of aliphatic imine (C=N–C) groups is 1. The lowest BCUT2D eigenvalue weighted by molar-refractivity contribution is -0.121. The molecule has 1 atom stereocenters. The van der Waals surface area contributed by atoms with Crippen molar-refractivity contribution < 1.29 is 18.8 Å². The van der Waals surface area contributed by atoms with Gasteiger partial charge in [0.2, 0.25) is 5.91 Å². The van der Waals surface area contributed by atoms with Crippen molar-refractivity contribution in [2.24, 2.45) is 4.99 Å². The van der Waals surface area contributed by atoms with Crippen molar-refractivity contribution in [2.45, 2.75) is 32.4 Å². The predicted octanol–water partition coefficient (Wildman–Crippen LogP) is 4.05. The summed E-state index contributed by atoms with van der Waals surface area (Å²) in [6.45, 7) is 7.07. The van der Waals surface area contributed by atoms with Crippen LogP contribution in [0.5, 0.6) is 0 Å². The first kappa shape index (κ1) is 23.5. The van der Waals surface area contributed by atoms with Crippen LogP contribution < -0.4 is 10.6 Å². The zero-order chi connectivity index (χ0) is 23.3. The van der Waals surface area contributed by atoms with E-state index in [-0.39, 0.29) is 18.2 Å². The number of amidine groups is 1. The van der Waals surface area contributed by atoms with Crippen LogP contribution in [-0.4, -0.2) is 46.1 Å². The smallest absolute Gasteiger partial charge is 0.262 e. The molecule has 0 saturated carbocycles. The number of hydrogen-bond donors (Lipinski definition) is 2. The van der Waals surface area contributed by atoms with Crippen LogP contribution in [0.1, 0.15) is 36.2 Å². The molecule has 0 aliphatic carbocycles. The summed E-state index contributed by atoms with van der Waals surface area (Å²) < 4.78 is 13.7. The van der Waals surface area contributed by atoms with Crippen molar-refractivity contribution in [3.8, 4) is 0 Å². The number of hydrogen-bond acceptors (Lipinski definition) is 5. The van der Waals surface area contributed by atoms with Crippen molar-refractivity contribution in [3.63, 3.8) is 0 Å². The van der Waals surface area contributed by atoms with Crippen LogP contribution in [0, 0.1) is 12.7 Å². The molecule has 3 amide bonds. The Morgan fingerprint density at radius 1 is 1.09 bits per heavy atom. The fourth-order valence-corrected chi connectivity index (χ4v) is 4.32. The highest BCUT2D eigenvalue weighted by molar-refractivity contribution is 8.15. The topological polar surface area (TPSA) is 90.9 Å². The highest BCUT2D eigenvalue weighted by Crippen LogP contribution is 2.27. The first-order valence-corrected chi connectivity index (χ1v) is 11.2. The number of aryl methyl sites for hydroxylation is 1. The minimum Gasteiger partial charge on any atom is -0.352 e. The maximum absolute atomic E-state index is 13.7. The highest BCUT2D eigenvalue weighted by atomic mass is 32.2. The molecule has 168 valence electrons. The Morgan fingerprint density at radius 3 is 2.50 bits per heavy atom. The Labute approximate surface area is 190 Å². The van der Waals surface area contributed by atoms with Crippen LogP contribution in [0.3, 0.4) is 0 Å². The van der Waals surface area contributed by atoms with Crippen LogP contribution in [0.2, 0.25) is 0 Å². The summed E-state index contributed by atoms with van der Waals surface area (Å²) in [5, 5.41) is 5.45. The minimum absolute atomic E-state index is 0.0170. The maximum atomic E-state index is 13.7. The van der Waals surface area contributed by atoms with E-state index in [4.69, 9.17) is 0 Å². The van der Waals surface area contributed by atoms with Crippen LogP contribution in [-0.2, 0) is 9.59 Å². The van der Waals surface area contributed by atoms with E-state index in [2.05, 4.69) is 15.6 Å². The average molecular weight is 457 g/mol. The molecule has 0 aromatic heterocycles. The van der Waals surface area contributed by atoms with Gasteiger partial charge in [0.15, 0.2) is 5.17 Å². The molecule has 3 rings (SSSR count). The molecule has 0 fully saturated rings. The Balaban J connectivity index is 1.59. The van der Waals surface area contributed by atoms with Crippen LogP contribution >= 0.6 is 11.8 Å². The number of thioether (sulfide) groups is 1. The summed E-state index contributed by atoms with van der Waals surface area (Å²) in [4.78, 5) is 43.2. The van der Waals surface area contributed by atoms with Gasteiger partial charge in [0.25, 0.3) is 11.8 Å². The van der Waals surface area contributed by atoms with Gasteiger partial charge in [-0.25, -0.2) is 4.39 Å². The van der Waals surface area contributed by atoms with E-state index in [0.717, 1.165) is 13.1 Å². The molecular weight excluding hydrogens is 431 g/mol. The molecule has 0 spiro atoms. The molecule has 2 N–H and O–H groups in total. The van der Waals surface area contributed by atoms with Crippen molar-refractivity contribution in [1.29, 1.82) is 0 Å². The van der Waals surface area contributed by atoms with E-state index in [1.807, 2.05) is 18.7 Å². The lowest BCUT2D eigenvalue weighted by Gasteiger charge is -2.19. The van der Waals surface area contributed by atoms with E-state index >= 15 is 0 Å². The molecule has 1 heterocycles. The third-order valence-electron chi connectivity index (χ3n) is 4.97. The van der Waals surface area contributed by atoms with Gasteiger partial charge >= 0.3 is 0 Å². The molecule has 1 unspecified atom stereocenters. The molecule has 9 heteroatoms. The van der Waals surface area contributed by atoms with Crippen LogP contribution in [0.25, 0.3) is 0 Å². The summed E-state index contributed by atoms with van der Waals surface area (Å²) in [6.07, 6.45) is -0.0170. The third-order valence-corrected chi connectivity index (χ3v) is 6.19. The summed E-state index contributed by atoms with van der Waals surface area (Å²) >= 11 is 1.30. The highest BCUT2D eigenvalue weighted by Gasteiger charge is 2.32. The summed E-state index contributed by atoms with van der Waals surface area (Å²) in [5.74, 6) is -1.49. The fraction of sp³-hybridized carbons (Fsp3) is 0.304. The molecule has 2 aromatic carbocycles. The van der Waals surface area contributed by atoms with Gasteiger partial charge in [0.05, 0.1) is 0 Å². The van der Waals surface area contributed by atoms with Gasteiger partial charge in [-0.15, -0.1) is 0 Å². The van der Waals surface area contributed by atoms with Gasteiger partial charge in [0, 0.05) is 36.4 Å². The lowest BCUT2D eigenvalue weighted by Crippen LogP contribution is -2.27. The number of amides is 3. The van der Waals surface area contributed by atoms with Gasteiger partial charge in [-0.1, -0.05) is 23.9 Å². The van der Waals surface area contributed by atoms with Gasteiger partial charge in [0.1, 0.15) is 11.1 Å². The Morgan fingerprint density at radius 2 is 1.81 bits per heavy atom.